The standard InChI is InChI=1S/C30H34N4O2S/c1-20(2)15-18-37-29-32-31-28-33(22-11-13-23(36-3)14-12-22)27(35)25-26(34(28)29)24-10-6-5-9-21(24)19-30(25)16-7-4-8-17-30/h5-6,9-14,20H,4,7-8,15-19H2,1-3H3. The van der Waals surface area contributed by atoms with E-state index in [1.54, 1.807) is 23.4 Å². The molecule has 0 radical (unpaired) electrons. The number of thioether (sulfide) groups is 1. The SMILES string of the molecule is COc1ccc(-n2c(=O)c3c(n4c(SCCC(C)C)nnc24)-c2ccccc2CC32CCCCC2)cc1. The van der Waals surface area contributed by atoms with Gasteiger partial charge in [-0.15, -0.1) is 10.2 Å². The number of hydrogen-bond donors (Lipinski definition) is 0. The largest absolute Gasteiger partial charge is 0.497 e. The summed E-state index contributed by atoms with van der Waals surface area (Å²) in [6.45, 7) is 4.49. The first-order valence-corrected chi connectivity index (χ1v) is 14.4. The molecule has 2 aromatic carbocycles. The summed E-state index contributed by atoms with van der Waals surface area (Å²) in [6, 6.07) is 16.3. The van der Waals surface area contributed by atoms with Crippen molar-refractivity contribution >= 4 is 17.5 Å². The molecule has 0 amide bonds. The zero-order valence-corrected chi connectivity index (χ0v) is 22.7. The zero-order valence-electron chi connectivity index (χ0n) is 21.9. The molecule has 2 aliphatic rings. The molecule has 6 nitrogen and oxygen atoms in total. The maximum absolute atomic E-state index is 14.6. The summed E-state index contributed by atoms with van der Waals surface area (Å²) in [7, 11) is 1.65. The lowest BCUT2D eigenvalue weighted by Gasteiger charge is -2.42. The maximum Gasteiger partial charge on any atom is 0.263 e. The molecule has 2 aromatic heterocycles. The molecule has 0 bridgehead atoms. The smallest absolute Gasteiger partial charge is 0.263 e. The maximum atomic E-state index is 14.6. The third kappa shape index (κ3) is 4.08. The minimum Gasteiger partial charge on any atom is -0.497 e. The number of nitrogens with zero attached hydrogens (tertiary/aromatic N) is 4. The molecule has 1 saturated carbocycles. The number of aromatic nitrogens is 4. The van der Waals surface area contributed by atoms with Crippen LogP contribution in [0.2, 0.25) is 0 Å². The van der Waals surface area contributed by atoms with E-state index in [9.17, 15) is 4.79 Å². The molecule has 1 fully saturated rings. The van der Waals surface area contributed by atoms with Gasteiger partial charge in [-0.25, -0.2) is 4.57 Å². The normalized spacial score (nSPS) is 16.2. The van der Waals surface area contributed by atoms with Crippen molar-refractivity contribution in [3.8, 4) is 22.7 Å². The Morgan fingerprint density at radius 1 is 1.03 bits per heavy atom. The highest BCUT2D eigenvalue weighted by molar-refractivity contribution is 7.99. The Morgan fingerprint density at radius 3 is 2.51 bits per heavy atom. The molecule has 1 spiro atoms. The van der Waals surface area contributed by atoms with Gasteiger partial charge in [0.25, 0.3) is 5.56 Å². The van der Waals surface area contributed by atoms with E-state index < -0.39 is 0 Å². The van der Waals surface area contributed by atoms with E-state index in [4.69, 9.17) is 4.74 Å². The predicted octanol–water partition coefficient (Wildman–Crippen LogP) is 6.45. The van der Waals surface area contributed by atoms with Crippen molar-refractivity contribution in [2.45, 2.75) is 69.4 Å². The molecule has 6 rings (SSSR count). The average Bonchev–Trinajstić information content (AvgIpc) is 3.32. The van der Waals surface area contributed by atoms with E-state index in [0.717, 1.165) is 77.7 Å². The predicted molar refractivity (Wildman–Crippen MR) is 149 cm³/mol. The quantitative estimate of drug-likeness (QED) is 0.277. The molecule has 2 aliphatic carbocycles. The molecule has 37 heavy (non-hydrogen) atoms. The van der Waals surface area contributed by atoms with Gasteiger partial charge in [-0.3, -0.25) is 9.20 Å². The lowest BCUT2D eigenvalue weighted by Crippen LogP contribution is -2.43. The van der Waals surface area contributed by atoms with Crippen LogP contribution in [0.5, 0.6) is 5.75 Å². The number of hydrogen-bond acceptors (Lipinski definition) is 5. The van der Waals surface area contributed by atoms with E-state index in [0.29, 0.717) is 11.7 Å². The van der Waals surface area contributed by atoms with E-state index in [1.165, 1.54) is 12.0 Å². The molecule has 0 atom stereocenters. The third-order valence-corrected chi connectivity index (χ3v) is 9.06. The minimum atomic E-state index is -0.161. The fraction of sp³-hybridized carbons (Fsp3) is 0.433. The lowest BCUT2D eigenvalue weighted by atomic mass is 9.62. The van der Waals surface area contributed by atoms with Crippen LogP contribution in [0.1, 0.15) is 63.5 Å². The van der Waals surface area contributed by atoms with Gasteiger partial charge in [0.05, 0.1) is 18.5 Å². The monoisotopic (exact) mass is 514 g/mol. The van der Waals surface area contributed by atoms with Crippen LogP contribution in [0.15, 0.2) is 58.5 Å². The molecule has 0 saturated heterocycles. The summed E-state index contributed by atoms with van der Waals surface area (Å²) in [5.41, 5.74) is 5.08. The van der Waals surface area contributed by atoms with Gasteiger partial charge >= 0.3 is 0 Å². The van der Waals surface area contributed by atoms with Crippen molar-refractivity contribution in [1.29, 1.82) is 0 Å². The van der Waals surface area contributed by atoms with Crippen LogP contribution in [-0.4, -0.2) is 32.0 Å². The summed E-state index contributed by atoms with van der Waals surface area (Å²) in [6.07, 6.45) is 7.62. The first-order chi connectivity index (χ1) is 18.0. The van der Waals surface area contributed by atoms with Crippen molar-refractivity contribution in [2.24, 2.45) is 5.92 Å². The van der Waals surface area contributed by atoms with Crippen LogP contribution >= 0.6 is 11.8 Å². The van der Waals surface area contributed by atoms with E-state index >= 15 is 0 Å². The van der Waals surface area contributed by atoms with Gasteiger partial charge in [-0.2, -0.15) is 0 Å². The van der Waals surface area contributed by atoms with Crippen molar-refractivity contribution < 1.29 is 4.74 Å². The second kappa shape index (κ2) is 9.67. The summed E-state index contributed by atoms with van der Waals surface area (Å²) in [5.74, 6) is 2.91. The second-order valence-electron chi connectivity index (χ2n) is 10.9. The molecule has 0 N–H and O–H groups in total. The highest BCUT2D eigenvalue weighted by atomic mass is 32.2. The number of ether oxygens (including phenoxy) is 1. The van der Waals surface area contributed by atoms with Crippen LogP contribution in [0.25, 0.3) is 22.7 Å². The fourth-order valence-corrected chi connectivity index (χ4v) is 7.38. The summed E-state index contributed by atoms with van der Waals surface area (Å²) in [4.78, 5) is 14.6. The van der Waals surface area contributed by atoms with Crippen molar-refractivity contribution in [3.63, 3.8) is 0 Å². The van der Waals surface area contributed by atoms with E-state index in [-0.39, 0.29) is 11.0 Å². The van der Waals surface area contributed by atoms with Gasteiger partial charge in [0, 0.05) is 22.3 Å². The Bertz CT molecular complexity index is 1500. The Labute approximate surface area is 222 Å². The Balaban J connectivity index is 1.68. The Kier molecular flexibility index (Phi) is 6.35. The molecule has 192 valence electrons. The highest BCUT2D eigenvalue weighted by Gasteiger charge is 2.44. The first kappa shape index (κ1) is 24.3. The van der Waals surface area contributed by atoms with Gasteiger partial charge in [-0.05, 0) is 61.4 Å². The molecule has 0 aliphatic heterocycles. The third-order valence-electron chi connectivity index (χ3n) is 8.09. The van der Waals surface area contributed by atoms with Crippen LogP contribution in [0.4, 0.5) is 0 Å². The lowest BCUT2D eigenvalue weighted by molar-refractivity contribution is 0.284. The molecule has 7 heteroatoms. The topological polar surface area (TPSA) is 61.4 Å². The highest BCUT2D eigenvalue weighted by Crippen LogP contribution is 2.49. The molecular formula is C30H34N4O2S. The number of methoxy groups -OCH3 is 1. The number of rotatable bonds is 6. The van der Waals surface area contributed by atoms with Crippen LogP contribution < -0.4 is 10.3 Å². The Morgan fingerprint density at radius 2 is 1.78 bits per heavy atom. The molecular weight excluding hydrogens is 480 g/mol. The number of benzene rings is 2. The summed E-state index contributed by atoms with van der Waals surface area (Å²) < 4.78 is 9.35. The van der Waals surface area contributed by atoms with Gasteiger partial charge in [0.15, 0.2) is 5.16 Å². The summed E-state index contributed by atoms with van der Waals surface area (Å²) >= 11 is 1.74. The second-order valence-corrected chi connectivity index (χ2v) is 11.9. The van der Waals surface area contributed by atoms with Crippen LogP contribution in [0.3, 0.4) is 0 Å². The Hall–Kier alpha value is -3.06. The van der Waals surface area contributed by atoms with Crippen LogP contribution in [0, 0.1) is 5.92 Å². The number of fused-ring (bicyclic) bond motifs is 6. The fourth-order valence-electron chi connectivity index (χ4n) is 6.21. The van der Waals surface area contributed by atoms with Gasteiger partial charge < -0.3 is 4.74 Å². The van der Waals surface area contributed by atoms with Gasteiger partial charge in [0.1, 0.15) is 5.75 Å². The zero-order chi connectivity index (χ0) is 25.6. The molecule has 0 unspecified atom stereocenters. The van der Waals surface area contributed by atoms with Gasteiger partial charge in [0.2, 0.25) is 5.78 Å². The van der Waals surface area contributed by atoms with Crippen molar-refractivity contribution in [1.82, 2.24) is 19.2 Å². The average molecular weight is 515 g/mol. The van der Waals surface area contributed by atoms with E-state index in [2.05, 4.69) is 52.7 Å². The first-order valence-electron chi connectivity index (χ1n) is 13.4. The molecule has 4 aromatic rings. The van der Waals surface area contributed by atoms with Crippen molar-refractivity contribution in [2.75, 3.05) is 12.9 Å². The summed E-state index contributed by atoms with van der Waals surface area (Å²) in [5, 5.41) is 10.2. The van der Waals surface area contributed by atoms with Crippen molar-refractivity contribution in [3.05, 3.63) is 70.0 Å². The van der Waals surface area contributed by atoms with E-state index in [1.807, 2.05) is 24.3 Å². The molecule has 2 heterocycles. The minimum absolute atomic E-state index is 0.0372. The van der Waals surface area contributed by atoms with Crippen LogP contribution in [-0.2, 0) is 11.8 Å². The van der Waals surface area contributed by atoms with Gasteiger partial charge in [-0.1, -0.05) is 69.1 Å².